The Morgan fingerprint density at radius 3 is 1.83 bits per heavy atom. The number of aliphatic hydroxyl groups excluding tert-OH is 9. The number of carbonyl (C=O) groups is 2. The fraction of sp³-hybridized carbons (Fsp3) is 0.667. The Kier molecular flexibility index (Phi) is 24.3. The summed E-state index contributed by atoms with van der Waals surface area (Å²) in [5, 5.41) is 109. The number of aliphatic hydroxyl groups is 10. The van der Waals surface area contributed by atoms with E-state index in [9.17, 15) is 60.7 Å². The lowest BCUT2D eigenvalue weighted by Crippen LogP contribution is -2.61. The van der Waals surface area contributed by atoms with E-state index in [1.807, 2.05) is 37.3 Å². The number of methoxy groups -OCH3 is 1. The Bertz CT molecular complexity index is 1680. The molecule has 19 atom stereocenters. The van der Waals surface area contributed by atoms with Crippen LogP contribution in [0.3, 0.4) is 0 Å². The van der Waals surface area contributed by atoms with Gasteiger partial charge in [-0.3, -0.25) is 9.59 Å². The molecule has 18 heteroatoms. The van der Waals surface area contributed by atoms with E-state index in [0.717, 1.165) is 7.11 Å². The number of allylic oxidation sites excluding steroid dienone is 12. The average Bonchev–Trinajstić information content (AvgIpc) is 3.24. The van der Waals surface area contributed by atoms with Gasteiger partial charge in [-0.05, 0) is 33.1 Å². The Hall–Kier alpha value is -3.44. The van der Waals surface area contributed by atoms with Gasteiger partial charge in [0, 0.05) is 37.5 Å². The van der Waals surface area contributed by atoms with Crippen LogP contribution in [0.2, 0.25) is 0 Å². The van der Waals surface area contributed by atoms with Gasteiger partial charge in [-0.2, -0.15) is 0 Å². The minimum absolute atomic E-state index is 0.0949. The fourth-order valence-electron chi connectivity index (χ4n) is 8.09. The molecule has 0 aliphatic carbocycles. The van der Waals surface area contributed by atoms with Crippen LogP contribution in [0.4, 0.5) is 0 Å². The van der Waals surface area contributed by atoms with Gasteiger partial charge in [0.1, 0.15) is 18.1 Å². The summed E-state index contributed by atoms with van der Waals surface area (Å²) in [5.41, 5.74) is 6.05. The maximum absolute atomic E-state index is 13.1. The van der Waals surface area contributed by atoms with E-state index >= 15 is 0 Å². The number of nitrogens with two attached hydrogens (primary N) is 1. The number of rotatable bonds is 3. The topological polar surface area (TPSA) is 309 Å². The summed E-state index contributed by atoms with van der Waals surface area (Å²) >= 11 is 0. The first-order valence-electron chi connectivity index (χ1n) is 22.7. The lowest BCUT2D eigenvalue weighted by atomic mass is 9.82. The first-order valence-corrected chi connectivity index (χ1v) is 22.7. The van der Waals surface area contributed by atoms with Crippen molar-refractivity contribution in [2.24, 2.45) is 23.5 Å². The van der Waals surface area contributed by atoms with Crippen LogP contribution >= 0.6 is 0 Å². The molecule has 3 aliphatic rings. The van der Waals surface area contributed by atoms with Crippen molar-refractivity contribution in [2.45, 2.75) is 177 Å². The lowest BCUT2D eigenvalue weighted by molar-refractivity contribution is -0.308. The van der Waals surface area contributed by atoms with Gasteiger partial charge in [-0.1, -0.05) is 98.9 Å². The van der Waals surface area contributed by atoms with E-state index in [2.05, 4.69) is 0 Å². The van der Waals surface area contributed by atoms with Crippen LogP contribution in [0.5, 0.6) is 0 Å². The zero-order valence-electron chi connectivity index (χ0n) is 38.5. The minimum atomic E-state index is -2.27. The molecule has 0 aromatic heterocycles. The van der Waals surface area contributed by atoms with Crippen molar-refractivity contribution in [3.63, 3.8) is 0 Å². The van der Waals surface area contributed by atoms with Gasteiger partial charge in [0.2, 0.25) is 0 Å². The third-order valence-corrected chi connectivity index (χ3v) is 12.2. The molecule has 374 valence electrons. The summed E-state index contributed by atoms with van der Waals surface area (Å²) in [6.07, 6.45) is 4.50. The van der Waals surface area contributed by atoms with E-state index in [4.69, 9.17) is 29.4 Å². The number of carbonyl (C=O) groups excluding carboxylic acids is 2. The minimum Gasteiger partial charge on any atom is -0.469 e. The lowest BCUT2D eigenvalue weighted by Gasteiger charge is -2.45. The molecule has 3 heterocycles. The highest BCUT2D eigenvalue weighted by atomic mass is 16.7. The maximum atomic E-state index is 13.1. The zero-order valence-corrected chi connectivity index (χ0v) is 38.5. The van der Waals surface area contributed by atoms with Crippen LogP contribution < -0.4 is 5.73 Å². The predicted molar refractivity (Wildman–Crippen MR) is 241 cm³/mol. The number of ether oxygens (including phenoxy) is 5. The molecule has 3 aliphatic heterocycles. The largest absolute Gasteiger partial charge is 0.469 e. The summed E-state index contributed by atoms with van der Waals surface area (Å²) in [6, 6.07) is -1.13. The standard InChI is InChI=1S/C48H75NO17/c1-28-18-16-14-12-10-8-6-7-9-11-13-15-17-19-35(65-47-45(59)42(49)44(58)31(4)64-47)25-39-41(46(60)62-5)38(55)27-48(61,66-39)26-34(52)23-37(54)36(53)21-20-32(50)22-33(51)24-40(56)63-30(3)29(2)43(28)57/h6-19,28-39,41-45,47,50-55,57-59,61H,20-27,49H2,1-5H3/b7-6+,10-8+,11-9+,14-12+,15-13+,18-16+,19-17+/t28-,29-,30-,31+,32+,33+,34-,35-,36+,37+,38-,39+,41+,42-,43+,44+,45-,47-,48-/m0/s1. The van der Waals surface area contributed by atoms with Gasteiger partial charge in [0.05, 0.1) is 86.7 Å². The fourth-order valence-corrected chi connectivity index (χ4v) is 8.09. The van der Waals surface area contributed by atoms with Crippen LogP contribution in [-0.2, 0) is 33.3 Å². The Balaban J connectivity index is 1.88. The number of fused-ring (bicyclic) bond motifs is 2. The van der Waals surface area contributed by atoms with Crippen molar-refractivity contribution < 1.29 is 84.3 Å². The van der Waals surface area contributed by atoms with Crippen LogP contribution in [0, 0.1) is 17.8 Å². The van der Waals surface area contributed by atoms with E-state index < -0.39 is 147 Å². The van der Waals surface area contributed by atoms with E-state index in [0.29, 0.717) is 0 Å². The molecule has 0 saturated carbocycles. The van der Waals surface area contributed by atoms with Crippen molar-refractivity contribution in [1.29, 1.82) is 0 Å². The SMILES string of the molecule is COC(=O)[C@@H]1[C@@H](O)C[C@]2(O)C[C@@H](O)C[C@@H](O)[C@H](O)CC[C@@H](O)C[C@@H](O)CC(=O)O[C@@H](C)[C@H](C)[C@H](O)[C@@H](C)/C=C/C=C/C=C/C=C/C=C/C=C/C=C/[C@H](O[C@@H]3O[C@H](C)[C@@H](O)[C@H](N)[C@@H]3O)C[C@H]1O2. The molecule has 0 aromatic carbocycles. The quantitative estimate of drug-likeness (QED) is 0.174. The molecule has 2 bridgehead atoms. The summed E-state index contributed by atoms with van der Waals surface area (Å²) in [4.78, 5) is 25.7. The zero-order chi connectivity index (χ0) is 49.1. The van der Waals surface area contributed by atoms with Crippen molar-refractivity contribution in [2.75, 3.05) is 7.11 Å². The van der Waals surface area contributed by atoms with E-state index in [1.54, 1.807) is 75.5 Å². The predicted octanol–water partition coefficient (Wildman–Crippen LogP) is 0.800. The van der Waals surface area contributed by atoms with Gasteiger partial charge in [-0.15, -0.1) is 0 Å². The number of esters is 2. The molecule has 66 heavy (non-hydrogen) atoms. The second-order valence-electron chi connectivity index (χ2n) is 17.8. The second-order valence-corrected chi connectivity index (χ2v) is 17.8. The van der Waals surface area contributed by atoms with E-state index in [-0.39, 0.29) is 31.6 Å². The van der Waals surface area contributed by atoms with Gasteiger partial charge in [0.25, 0.3) is 0 Å². The van der Waals surface area contributed by atoms with Crippen molar-refractivity contribution in [1.82, 2.24) is 0 Å². The van der Waals surface area contributed by atoms with Crippen LogP contribution in [-0.4, -0.2) is 168 Å². The number of cyclic esters (lactones) is 1. The third-order valence-electron chi connectivity index (χ3n) is 12.2. The normalized spacial score (nSPS) is 44.9. The molecule has 18 nitrogen and oxygen atoms in total. The van der Waals surface area contributed by atoms with Gasteiger partial charge >= 0.3 is 11.9 Å². The highest BCUT2D eigenvalue weighted by Gasteiger charge is 2.51. The highest BCUT2D eigenvalue weighted by molar-refractivity contribution is 5.74. The molecule has 3 rings (SSSR count). The summed E-state index contributed by atoms with van der Waals surface area (Å²) in [5.74, 6) is -5.93. The molecule has 2 fully saturated rings. The van der Waals surface area contributed by atoms with Gasteiger partial charge < -0.3 is 80.5 Å². The molecule has 0 amide bonds. The molecule has 12 N–H and O–H groups in total. The van der Waals surface area contributed by atoms with E-state index in [1.165, 1.54) is 0 Å². The molecule has 2 saturated heterocycles. The molecule has 0 spiro atoms. The third kappa shape index (κ3) is 18.6. The van der Waals surface area contributed by atoms with Crippen molar-refractivity contribution in [3.05, 3.63) is 85.1 Å². The number of hydrogen-bond acceptors (Lipinski definition) is 18. The summed E-state index contributed by atoms with van der Waals surface area (Å²) in [6.45, 7) is 6.78. The van der Waals surface area contributed by atoms with Crippen LogP contribution in [0.1, 0.15) is 79.1 Å². The van der Waals surface area contributed by atoms with Crippen molar-refractivity contribution in [3.8, 4) is 0 Å². The molecule has 0 aromatic rings. The summed E-state index contributed by atoms with van der Waals surface area (Å²) in [7, 11) is 1.12. The number of hydrogen-bond donors (Lipinski definition) is 11. The first-order chi connectivity index (χ1) is 31.2. The molecule has 0 radical (unpaired) electrons. The Morgan fingerprint density at radius 1 is 0.667 bits per heavy atom. The Labute approximate surface area is 387 Å². The van der Waals surface area contributed by atoms with Crippen molar-refractivity contribution >= 4 is 11.9 Å². The monoisotopic (exact) mass is 938 g/mol. The second kappa shape index (κ2) is 28.1. The highest BCUT2D eigenvalue weighted by Crippen LogP contribution is 2.38. The van der Waals surface area contributed by atoms with Gasteiger partial charge in [0.15, 0.2) is 12.1 Å². The van der Waals surface area contributed by atoms with Gasteiger partial charge in [-0.25, -0.2) is 0 Å². The molecular formula is C48H75NO17. The van der Waals surface area contributed by atoms with Crippen LogP contribution in [0.25, 0.3) is 0 Å². The summed E-state index contributed by atoms with van der Waals surface area (Å²) < 4.78 is 28.4. The molecular weight excluding hydrogens is 863 g/mol. The molecule has 0 unspecified atom stereocenters. The average molecular weight is 938 g/mol. The first kappa shape index (κ1) is 56.9. The maximum Gasteiger partial charge on any atom is 0.313 e. The Morgan fingerprint density at radius 2 is 1.24 bits per heavy atom. The van der Waals surface area contributed by atoms with Crippen LogP contribution in [0.15, 0.2) is 85.1 Å². The smallest absolute Gasteiger partial charge is 0.313 e.